The van der Waals surface area contributed by atoms with E-state index in [0.29, 0.717) is 18.4 Å². The van der Waals surface area contributed by atoms with Gasteiger partial charge in [-0.15, -0.1) is 0 Å². The van der Waals surface area contributed by atoms with Crippen LogP contribution in [0.5, 0.6) is 0 Å². The number of aryl methyl sites for hydroxylation is 1. The summed E-state index contributed by atoms with van der Waals surface area (Å²) in [5, 5.41) is 10.3. The molecule has 0 atom stereocenters. The van der Waals surface area contributed by atoms with Crippen LogP contribution >= 0.6 is 0 Å². The zero-order valence-corrected chi connectivity index (χ0v) is 11.6. The fraction of sp³-hybridized carbons (Fsp3) is 0.375. The van der Waals surface area contributed by atoms with Crippen LogP contribution in [0, 0.1) is 11.3 Å². The molecule has 19 heavy (non-hydrogen) atoms. The molecule has 0 fully saturated rings. The van der Waals surface area contributed by atoms with Gasteiger partial charge in [0.15, 0.2) is 0 Å². The Morgan fingerprint density at radius 2 is 2.00 bits per heavy atom. The van der Waals surface area contributed by atoms with Gasteiger partial charge in [-0.1, -0.05) is 32.9 Å². The summed E-state index contributed by atoms with van der Waals surface area (Å²) < 4.78 is 1.60. The molecule has 0 N–H and O–H groups in total. The summed E-state index contributed by atoms with van der Waals surface area (Å²) in [7, 11) is 0. The van der Waals surface area contributed by atoms with Crippen LogP contribution in [0.15, 0.2) is 35.3 Å². The normalized spacial score (nSPS) is 11.5. The first kappa shape index (κ1) is 13.4. The smallest absolute Gasteiger partial charge is 0.258 e. The number of hydrogen-bond donors (Lipinski definition) is 0. The van der Waals surface area contributed by atoms with Gasteiger partial charge >= 0.3 is 0 Å². The molecule has 1 heterocycles. The molecule has 0 saturated carbocycles. The highest BCUT2D eigenvalue weighted by Crippen LogP contribution is 2.24. The van der Waals surface area contributed by atoms with Crippen LogP contribution in [0.3, 0.4) is 0 Å². The molecule has 1 aromatic carbocycles. The Bertz CT molecular complexity index is 699. The molecule has 0 unspecified atom stereocenters. The van der Waals surface area contributed by atoms with Crippen LogP contribution in [0.25, 0.3) is 10.8 Å². The number of fused-ring (bicyclic) bond motifs is 1. The van der Waals surface area contributed by atoms with Crippen LogP contribution in [0.4, 0.5) is 0 Å². The second-order valence-corrected chi connectivity index (χ2v) is 5.77. The van der Waals surface area contributed by atoms with Gasteiger partial charge in [0.2, 0.25) is 0 Å². The summed E-state index contributed by atoms with van der Waals surface area (Å²) in [5.74, 6) is 0. The fourth-order valence-electron chi connectivity index (χ4n) is 2.10. The Kier molecular flexibility index (Phi) is 3.44. The summed E-state index contributed by atoms with van der Waals surface area (Å²) in [4.78, 5) is 12.2. The zero-order chi connectivity index (χ0) is 14.0. The Labute approximate surface area is 113 Å². The van der Waals surface area contributed by atoms with Crippen molar-refractivity contribution in [2.45, 2.75) is 39.2 Å². The number of hydrogen-bond acceptors (Lipinski definition) is 2. The van der Waals surface area contributed by atoms with Crippen LogP contribution in [0.1, 0.15) is 32.8 Å². The quantitative estimate of drug-likeness (QED) is 0.826. The molecule has 3 heteroatoms. The van der Waals surface area contributed by atoms with E-state index in [9.17, 15) is 4.79 Å². The molecule has 0 aliphatic heterocycles. The first-order valence-corrected chi connectivity index (χ1v) is 6.44. The highest BCUT2D eigenvalue weighted by molar-refractivity contribution is 5.82. The minimum Gasteiger partial charge on any atom is -0.314 e. The van der Waals surface area contributed by atoms with Gasteiger partial charge in [0.05, 0.1) is 12.5 Å². The molecule has 0 aliphatic rings. The lowest BCUT2D eigenvalue weighted by molar-refractivity contribution is 0.591. The van der Waals surface area contributed by atoms with Gasteiger partial charge in [0, 0.05) is 18.1 Å². The van der Waals surface area contributed by atoms with E-state index in [4.69, 9.17) is 5.26 Å². The van der Waals surface area contributed by atoms with Crippen molar-refractivity contribution in [2.75, 3.05) is 0 Å². The van der Waals surface area contributed by atoms with Crippen LogP contribution in [0.2, 0.25) is 0 Å². The Morgan fingerprint density at radius 3 is 2.63 bits per heavy atom. The largest absolute Gasteiger partial charge is 0.314 e. The van der Waals surface area contributed by atoms with Gasteiger partial charge in [0.1, 0.15) is 0 Å². The minimum atomic E-state index is -0.0202. The monoisotopic (exact) mass is 254 g/mol. The van der Waals surface area contributed by atoms with E-state index >= 15 is 0 Å². The van der Waals surface area contributed by atoms with E-state index in [0.717, 1.165) is 5.39 Å². The molecule has 0 aliphatic carbocycles. The second-order valence-electron chi connectivity index (χ2n) is 5.77. The molecule has 1 aromatic heterocycles. The maximum absolute atomic E-state index is 12.2. The van der Waals surface area contributed by atoms with Crippen LogP contribution < -0.4 is 5.56 Å². The standard InChI is InChI=1S/C16H18N2O/c1-16(2,3)13-5-6-14-12(11-13)7-10-18(15(14)19)9-4-8-17/h5-7,10-11H,4,9H2,1-3H3. The number of nitriles is 1. The molecule has 0 spiro atoms. The van der Waals surface area contributed by atoms with E-state index in [-0.39, 0.29) is 11.0 Å². The molecule has 98 valence electrons. The van der Waals surface area contributed by atoms with Gasteiger partial charge in [-0.05, 0) is 28.5 Å². The number of nitrogens with zero attached hydrogens (tertiary/aromatic N) is 2. The third kappa shape index (κ3) is 2.68. The molecule has 2 rings (SSSR count). The van der Waals surface area contributed by atoms with Crippen molar-refractivity contribution in [1.29, 1.82) is 5.26 Å². The summed E-state index contributed by atoms with van der Waals surface area (Å²) >= 11 is 0. The summed E-state index contributed by atoms with van der Waals surface area (Å²) in [6.45, 7) is 6.92. The molecule has 0 saturated heterocycles. The zero-order valence-electron chi connectivity index (χ0n) is 11.6. The highest BCUT2D eigenvalue weighted by atomic mass is 16.1. The van der Waals surface area contributed by atoms with Gasteiger partial charge in [-0.3, -0.25) is 4.79 Å². The number of rotatable bonds is 2. The highest BCUT2D eigenvalue weighted by Gasteiger charge is 2.14. The van der Waals surface area contributed by atoms with E-state index in [1.165, 1.54) is 5.56 Å². The molecule has 0 radical (unpaired) electrons. The molecule has 2 aromatic rings. The van der Waals surface area contributed by atoms with Crippen molar-refractivity contribution in [1.82, 2.24) is 4.57 Å². The van der Waals surface area contributed by atoms with E-state index in [2.05, 4.69) is 32.9 Å². The summed E-state index contributed by atoms with van der Waals surface area (Å²) in [6, 6.07) is 9.99. The van der Waals surface area contributed by atoms with Crippen molar-refractivity contribution in [3.05, 3.63) is 46.4 Å². The van der Waals surface area contributed by atoms with Gasteiger partial charge < -0.3 is 4.57 Å². The van der Waals surface area contributed by atoms with Crippen molar-refractivity contribution >= 4 is 10.8 Å². The first-order valence-electron chi connectivity index (χ1n) is 6.44. The third-order valence-electron chi connectivity index (χ3n) is 3.31. The SMILES string of the molecule is CC(C)(C)c1ccc2c(=O)n(CCC#N)ccc2c1. The molecule has 0 bridgehead atoms. The maximum atomic E-state index is 12.2. The Hall–Kier alpha value is -2.08. The minimum absolute atomic E-state index is 0.0202. The fourth-order valence-corrected chi connectivity index (χ4v) is 2.10. The number of aromatic nitrogens is 1. The van der Waals surface area contributed by atoms with Crippen molar-refractivity contribution in [2.24, 2.45) is 0 Å². The van der Waals surface area contributed by atoms with E-state index in [1.54, 1.807) is 10.8 Å². The molecule has 0 amide bonds. The van der Waals surface area contributed by atoms with Gasteiger partial charge in [-0.25, -0.2) is 0 Å². The van der Waals surface area contributed by atoms with Crippen LogP contribution in [-0.4, -0.2) is 4.57 Å². The number of pyridine rings is 1. The Balaban J connectivity index is 2.55. The van der Waals surface area contributed by atoms with E-state index in [1.807, 2.05) is 18.2 Å². The van der Waals surface area contributed by atoms with Crippen molar-refractivity contribution < 1.29 is 0 Å². The summed E-state index contributed by atoms with van der Waals surface area (Å²) in [6.07, 6.45) is 2.12. The lowest BCUT2D eigenvalue weighted by atomic mass is 9.86. The third-order valence-corrected chi connectivity index (χ3v) is 3.31. The molecular formula is C16H18N2O. The van der Waals surface area contributed by atoms with Gasteiger partial charge in [-0.2, -0.15) is 5.26 Å². The lowest BCUT2D eigenvalue weighted by Crippen LogP contribution is -2.20. The van der Waals surface area contributed by atoms with Gasteiger partial charge in [0.25, 0.3) is 5.56 Å². The lowest BCUT2D eigenvalue weighted by Gasteiger charge is -2.19. The second kappa shape index (κ2) is 4.89. The predicted octanol–water partition coefficient (Wildman–Crippen LogP) is 3.21. The maximum Gasteiger partial charge on any atom is 0.258 e. The average molecular weight is 254 g/mol. The average Bonchev–Trinajstić information content (AvgIpc) is 2.36. The topological polar surface area (TPSA) is 45.8 Å². The molecule has 3 nitrogen and oxygen atoms in total. The first-order chi connectivity index (χ1) is 8.93. The molecular weight excluding hydrogens is 236 g/mol. The van der Waals surface area contributed by atoms with Crippen molar-refractivity contribution in [3.8, 4) is 6.07 Å². The van der Waals surface area contributed by atoms with E-state index < -0.39 is 0 Å². The summed E-state index contributed by atoms with van der Waals surface area (Å²) in [5.41, 5.74) is 1.27. The van der Waals surface area contributed by atoms with Crippen LogP contribution in [-0.2, 0) is 12.0 Å². The predicted molar refractivity (Wildman–Crippen MR) is 77.1 cm³/mol. The Morgan fingerprint density at radius 1 is 1.26 bits per heavy atom. The van der Waals surface area contributed by atoms with Crippen molar-refractivity contribution in [3.63, 3.8) is 0 Å². The number of benzene rings is 1.